The van der Waals surface area contributed by atoms with Crippen molar-refractivity contribution >= 4 is 28.4 Å². The summed E-state index contributed by atoms with van der Waals surface area (Å²) in [7, 11) is 0. The third-order valence-electron chi connectivity index (χ3n) is 5.61. The molecule has 0 radical (unpaired) electrons. The summed E-state index contributed by atoms with van der Waals surface area (Å²) < 4.78 is 11.5. The monoisotopic (exact) mass is 393 g/mol. The van der Waals surface area contributed by atoms with Crippen molar-refractivity contribution in [2.45, 2.75) is 25.0 Å². The van der Waals surface area contributed by atoms with E-state index in [0.717, 1.165) is 48.2 Å². The number of benzene rings is 1. The molecule has 2 saturated heterocycles. The van der Waals surface area contributed by atoms with Crippen LogP contribution in [0.5, 0.6) is 0 Å². The predicted octanol–water partition coefficient (Wildman–Crippen LogP) is 2.48. The SMILES string of the molecule is O=C(Cc1c[nH]c2ccccc12)Nc1ccc(N2CCC3(CC2)OCCO3)nn1. The van der Waals surface area contributed by atoms with Gasteiger partial charge in [-0.05, 0) is 23.8 Å². The number of para-hydroxylation sites is 1. The van der Waals surface area contributed by atoms with Crippen molar-refractivity contribution in [3.05, 3.63) is 48.2 Å². The number of hydrogen-bond acceptors (Lipinski definition) is 6. The van der Waals surface area contributed by atoms with Gasteiger partial charge in [0.1, 0.15) is 0 Å². The first-order chi connectivity index (χ1) is 14.2. The Hall–Kier alpha value is -2.97. The second-order valence-corrected chi connectivity index (χ2v) is 7.46. The standard InChI is InChI=1S/C21H23N5O3/c27-20(13-15-14-22-17-4-2-1-3-16(15)17)23-18-5-6-19(25-24-18)26-9-7-21(8-10-26)28-11-12-29-21/h1-6,14,22H,7-13H2,(H,23,24,27). The predicted molar refractivity (Wildman–Crippen MR) is 109 cm³/mol. The highest BCUT2D eigenvalue weighted by atomic mass is 16.7. The zero-order valence-electron chi connectivity index (χ0n) is 16.1. The number of ether oxygens (including phenoxy) is 2. The largest absolute Gasteiger partial charge is 0.361 e. The Labute approximate surface area is 168 Å². The van der Waals surface area contributed by atoms with Crippen molar-refractivity contribution in [1.29, 1.82) is 0 Å². The number of anilines is 2. The lowest BCUT2D eigenvalue weighted by molar-refractivity contribution is -0.169. The van der Waals surface area contributed by atoms with E-state index in [2.05, 4.69) is 25.4 Å². The fourth-order valence-electron chi connectivity index (χ4n) is 4.06. The Bertz CT molecular complexity index is 1000. The van der Waals surface area contributed by atoms with Gasteiger partial charge >= 0.3 is 0 Å². The van der Waals surface area contributed by atoms with Crippen LogP contribution in [-0.2, 0) is 20.7 Å². The van der Waals surface area contributed by atoms with Crippen molar-refractivity contribution in [2.24, 2.45) is 0 Å². The molecular formula is C21H23N5O3. The molecule has 0 bridgehead atoms. The van der Waals surface area contributed by atoms with E-state index in [4.69, 9.17) is 9.47 Å². The lowest BCUT2D eigenvalue weighted by Crippen LogP contribution is -2.45. The van der Waals surface area contributed by atoms with Crippen molar-refractivity contribution in [1.82, 2.24) is 15.2 Å². The van der Waals surface area contributed by atoms with Crippen molar-refractivity contribution in [3.63, 3.8) is 0 Å². The molecule has 1 amide bonds. The lowest BCUT2D eigenvalue weighted by Gasteiger charge is -2.37. The molecule has 5 rings (SSSR count). The maximum Gasteiger partial charge on any atom is 0.230 e. The van der Waals surface area contributed by atoms with Crippen LogP contribution >= 0.6 is 0 Å². The van der Waals surface area contributed by atoms with Gasteiger partial charge in [0.15, 0.2) is 17.4 Å². The number of piperidine rings is 1. The van der Waals surface area contributed by atoms with E-state index in [9.17, 15) is 4.79 Å². The number of amides is 1. The van der Waals surface area contributed by atoms with Crippen LogP contribution in [0.4, 0.5) is 11.6 Å². The summed E-state index contributed by atoms with van der Waals surface area (Å²) >= 11 is 0. The van der Waals surface area contributed by atoms with Crippen LogP contribution in [0.3, 0.4) is 0 Å². The zero-order valence-corrected chi connectivity index (χ0v) is 16.1. The minimum Gasteiger partial charge on any atom is -0.361 e. The quantitative estimate of drug-likeness (QED) is 0.708. The summed E-state index contributed by atoms with van der Waals surface area (Å²) in [5.41, 5.74) is 1.98. The highest BCUT2D eigenvalue weighted by molar-refractivity contribution is 5.95. The molecule has 1 aromatic carbocycles. The summed E-state index contributed by atoms with van der Waals surface area (Å²) in [5, 5.41) is 12.4. The van der Waals surface area contributed by atoms with Gasteiger partial charge in [0, 0.05) is 43.0 Å². The number of nitrogens with zero attached hydrogens (tertiary/aromatic N) is 3. The molecule has 2 N–H and O–H groups in total. The number of aromatic nitrogens is 3. The van der Waals surface area contributed by atoms with Gasteiger partial charge in [-0.2, -0.15) is 0 Å². The molecule has 0 saturated carbocycles. The molecule has 0 aliphatic carbocycles. The van der Waals surface area contributed by atoms with Crippen LogP contribution < -0.4 is 10.2 Å². The van der Waals surface area contributed by atoms with Crippen molar-refractivity contribution in [2.75, 3.05) is 36.5 Å². The lowest BCUT2D eigenvalue weighted by atomic mass is 10.0. The van der Waals surface area contributed by atoms with E-state index in [1.54, 1.807) is 6.07 Å². The highest BCUT2D eigenvalue weighted by Crippen LogP contribution is 2.32. The van der Waals surface area contributed by atoms with Crippen LogP contribution in [0.1, 0.15) is 18.4 Å². The molecule has 0 atom stereocenters. The first kappa shape index (κ1) is 18.1. The second kappa shape index (κ2) is 7.46. The van der Waals surface area contributed by atoms with Gasteiger partial charge in [0.05, 0.1) is 19.6 Å². The number of fused-ring (bicyclic) bond motifs is 1. The summed E-state index contributed by atoms with van der Waals surface area (Å²) in [4.78, 5) is 17.8. The van der Waals surface area contributed by atoms with E-state index in [1.807, 2.05) is 36.5 Å². The maximum atomic E-state index is 12.4. The Morgan fingerprint density at radius 1 is 1.10 bits per heavy atom. The zero-order chi connectivity index (χ0) is 19.7. The third kappa shape index (κ3) is 3.68. The van der Waals surface area contributed by atoms with E-state index >= 15 is 0 Å². The third-order valence-corrected chi connectivity index (χ3v) is 5.61. The Kier molecular flexibility index (Phi) is 4.65. The second-order valence-electron chi connectivity index (χ2n) is 7.46. The molecule has 2 aliphatic rings. The summed E-state index contributed by atoms with van der Waals surface area (Å²) in [6.07, 6.45) is 3.79. The molecule has 3 aromatic rings. The van der Waals surface area contributed by atoms with Gasteiger partial charge in [-0.15, -0.1) is 10.2 Å². The van der Waals surface area contributed by atoms with Gasteiger partial charge in [-0.1, -0.05) is 18.2 Å². The van der Waals surface area contributed by atoms with E-state index in [1.165, 1.54) is 0 Å². The summed E-state index contributed by atoms with van der Waals surface area (Å²) in [6.45, 7) is 2.96. The molecule has 8 nitrogen and oxygen atoms in total. The molecule has 29 heavy (non-hydrogen) atoms. The molecular weight excluding hydrogens is 370 g/mol. The van der Waals surface area contributed by atoms with Gasteiger partial charge in [0.2, 0.25) is 5.91 Å². The van der Waals surface area contributed by atoms with Crippen LogP contribution in [0.2, 0.25) is 0 Å². The van der Waals surface area contributed by atoms with Crippen molar-refractivity contribution in [3.8, 4) is 0 Å². The topological polar surface area (TPSA) is 92.4 Å². The number of rotatable bonds is 4. The van der Waals surface area contributed by atoms with E-state index < -0.39 is 5.79 Å². The molecule has 8 heteroatoms. The Balaban J connectivity index is 1.19. The normalized spacial score (nSPS) is 18.4. The summed E-state index contributed by atoms with van der Waals surface area (Å²) in [6, 6.07) is 11.6. The van der Waals surface area contributed by atoms with Gasteiger partial charge in [0.25, 0.3) is 0 Å². The number of aromatic amines is 1. The smallest absolute Gasteiger partial charge is 0.230 e. The number of nitrogens with one attached hydrogen (secondary N) is 2. The van der Waals surface area contributed by atoms with E-state index in [-0.39, 0.29) is 12.3 Å². The molecule has 4 heterocycles. The highest BCUT2D eigenvalue weighted by Gasteiger charge is 2.40. The molecule has 150 valence electrons. The van der Waals surface area contributed by atoms with Gasteiger partial charge in [-0.25, -0.2) is 0 Å². The molecule has 2 aliphatic heterocycles. The minimum absolute atomic E-state index is 0.118. The average molecular weight is 393 g/mol. The van der Waals surface area contributed by atoms with Crippen molar-refractivity contribution < 1.29 is 14.3 Å². The first-order valence-corrected chi connectivity index (χ1v) is 9.92. The average Bonchev–Trinajstić information content (AvgIpc) is 3.37. The Morgan fingerprint density at radius 3 is 2.66 bits per heavy atom. The molecule has 0 unspecified atom stereocenters. The number of hydrogen-bond donors (Lipinski definition) is 2. The molecule has 2 aromatic heterocycles. The fraction of sp³-hybridized carbons (Fsp3) is 0.381. The Morgan fingerprint density at radius 2 is 1.90 bits per heavy atom. The first-order valence-electron chi connectivity index (χ1n) is 9.92. The number of H-pyrrole nitrogens is 1. The van der Waals surface area contributed by atoms with Crippen LogP contribution in [-0.4, -0.2) is 53.2 Å². The van der Waals surface area contributed by atoms with E-state index in [0.29, 0.717) is 19.0 Å². The molecule has 2 fully saturated rings. The van der Waals surface area contributed by atoms with Crippen LogP contribution in [0.25, 0.3) is 10.9 Å². The van der Waals surface area contributed by atoms with Gasteiger partial charge in [-0.3, -0.25) is 4.79 Å². The van der Waals surface area contributed by atoms with Gasteiger partial charge < -0.3 is 24.7 Å². The van der Waals surface area contributed by atoms with Crippen LogP contribution in [0.15, 0.2) is 42.6 Å². The number of carbonyl (C=O) groups excluding carboxylic acids is 1. The minimum atomic E-state index is -0.403. The van der Waals surface area contributed by atoms with Crippen LogP contribution in [0, 0.1) is 0 Å². The maximum absolute atomic E-state index is 12.4. The molecule has 1 spiro atoms. The fourth-order valence-corrected chi connectivity index (χ4v) is 4.06. The summed E-state index contributed by atoms with van der Waals surface area (Å²) in [5.74, 6) is 0.731. The number of carbonyl (C=O) groups is 1.